The Morgan fingerprint density at radius 1 is 1.07 bits per heavy atom. The van der Waals surface area contributed by atoms with Crippen molar-refractivity contribution in [3.8, 4) is 11.8 Å². The summed E-state index contributed by atoms with van der Waals surface area (Å²) in [6, 6.07) is 3.84. The van der Waals surface area contributed by atoms with Crippen molar-refractivity contribution in [2.24, 2.45) is 5.11 Å². The molecule has 0 atom stereocenters. The van der Waals surface area contributed by atoms with Gasteiger partial charge in [-0.05, 0) is 90.8 Å². The van der Waals surface area contributed by atoms with Crippen molar-refractivity contribution in [1.29, 1.82) is 0 Å². The summed E-state index contributed by atoms with van der Waals surface area (Å²) >= 11 is 0. The normalized spacial score (nSPS) is 17.2. The molecule has 3 rings (SSSR count). The molecule has 1 aromatic heterocycles. The van der Waals surface area contributed by atoms with Gasteiger partial charge in [-0.2, -0.15) is 15.0 Å². The van der Waals surface area contributed by atoms with Gasteiger partial charge in [0.25, 0.3) is 0 Å². The lowest BCUT2D eigenvalue weighted by molar-refractivity contribution is -0.146. The number of ether oxygens (including phenoxy) is 1. The summed E-state index contributed by atoms with van der Waals surface area (Å²) in [6.45, 7) is 22.3. The number of anilines is 1. The summed E-state index contributed by atoms with van der Waals surface area (Å²) in [5.41, 5.74) is 10.2. The van der Waals surface area contributed by atoms with E-state index in [2.05, 4.69) is 71.8 Å². The first-order chi connectivity index (χ1) is 18.2. The number of nitrogens with one attached hydrogen (secondary N) is 1. The van der Waals surface area contributed by atoms with Gasteiger partial charge >= 0.3 is 6.01 Å². The van der Waals surface area contributed by atoms with Crippen molar-refractivity contribution in [2.45, 2.75) is 124 Å². The van der Waals surface area contributed by atoms with Crippen LogP contribution in [0.25, 0.3) is 10.4 Å². The number of piperidine rings is 1. The van der Waals surface area contributed by atoms with E-state index < -0.39 is 0 Å². The lowest BCUT2D eigenvalue weighted by Gasteiger charge is -2.55. The van der Waals surface area contributed by atoms with E-state index in [-0.39, 0.29) is 58.4 Å². The molecule has 0 aliphatic carbocycles. The van der Waals surface area contributed by atoms with Crippen molar-refractivity contribution in [3.05, 3.63) is 39.3 Å². The van der Waals surface area contributed by atoms with Crippen molar-refractivity contribution < 1.29 is 14.6 Å². The number of benzene rings is 1. The molecule has 2 heterocycles. The molecule has 2 N–H and O–H groups in total. The van der Waals surface area contributed by atoms with Crippen LogP contribution >= 0.6 is 0 Å². The average Bonchev–Trinajstić information content (AvgIpc) is 2.74. The second-order valence-electron chi connectivity index (χ2n) is 14.0. The van der Waals surface area contributed by atoms with E-state index in [1.807, 2.05) is 44.7 Å². The Hall–Kier alpha value is -3.59. The van der Waals surface area contributed by atoms with Crippen LogP contribution < -0.4 is 10.1 Å². The van der Waals surface area contributed by atoms with Crippen LogP contribution in [0.4, 0.5) is 11.9 Å². The predicted molar refractivity (Wildman–Crippen MR) is 156 cm³/mol. The van der Waals surface area contributed by atoms with Crippen LogP contribution in [0.15, 0.2) is 17.2 Å². The molecule has 0 radical (unpaired) electrons. The Labute approximate surface area is 237 Å². The first-order valence-electron chi connectivity index (χ1n) is 13.6. The molecule has 1 amide bonds. The highest BCUT2D eigenvalue weighted by Crippen LogP contribution is 2.41. The van der Waals surface area contributed by atoms with Gasteiger partial charge in [0.05, 0.1) is 0 Å². The van der Waals surface area contributed by atoms with Crippen molar-refractivity contribution in [1.82, 2.24) is 19.9 Å². The number of carbonyl (C=O) groups is 1. The van der Waals surface area contributed by atoms with Crippen LogP contribution in [0.1, 0.15) is 106 Å². The first-order valence-corrected chi connectivity index (χ1v) is 13.6. The Morgan fingerprint density at radius 2 is 1.60 bits per heavy atom. The second kappa shape index (κ2) is 10.8. The zero-order chi connectivity index (χ0) is 30.3. The molecule has 1 aliphatic rings. The van der Waals surface area contributed by atoms with Crippen LogP contribution in [0, 0.1) is 0 Å². The molecule has 0 spiro atoms. The molecular weight excluding hydrogens is 508 g/mol. The Balaban J connectivity index is 1.91. The molecule has 1 aromatic carbocycles. The SMILES string of the molecule is CC(=O)N1C(C)(C)CC(Nc2nc(N=[N+]=[N-])nc(OCc3cc(C(C)(C)C)c(O)c(C(C)(C)C)c3)n2)CC1(C)C. The van der Waals surface area contributed by atoms with E-state index in [9.17, 15) is 9.90 Å². The standard InChI is InChI=1S/C29H44N8O3/c1-17(38)37-28(8,9)14-19(15-29(37,10)11)31-23-32-24(35-36-30)34-25(33-23)40-16-18-12-20(26(2,3)4)22(39)21(13-18)27(5,6)7/h12-13,19,39H,14-16H2,1-11H3,(H,31,32,33,34). The lowest BCUT2D eigenvalue weighted by atomic mass is 9.77. The van der Waals surface area contributed by atoms with Gasteiger partial charge in [-0.15, -0.1) is 0 Å². The number of hydrogen-bond acceptors (Lipinski definition) is 8. The number of aromatic hydroxyl groups is 1. The van der Waals surface area contributed by atoms with E-state index in [1.165, 1.54) is 0 Å². The topological polar surface area (TPSA) is 149 Å². The molecule has 11 nitrogen and oxygen atoms in total. The molecule has 0 unspecified atom stereocenters. The molecule has 1 aliphatic heterocycles. The lowest BCUT2D eigenvalue weighted by Crippen LogP contribution is -2.64. The summed E-state index contributed by atoms with van der Waals surface area (Å²) < 4.78 is 5.99. The van der Waals surface area contributed by atoms with Gasteiger partial charge in [0.15, 0.2) is 0 Å². The molecule has 40 heavy (non-hydrogen) atoms. The number of rotatable bonds is 6. The number of likely N-dealkylation sites (tertiary alicyclic amines) is 1. The minimum absolute atomic E-state index is 0.0160. The molecule has 1 fully saturated rings. The fourth-order valence-corrected chi connectivity index (χ4v) is 6.05. The molecule has 0 saturated carbocycles. The zero-order valence-electron chi connectivity index (χ0n) is 25.7. The van der Waals surface area contributed by atoms with E-state index in [4.69, 9.17) is 10.3 Å². The van der Waals surface area contributed by atoms with Gasteiger partial charge in [0.2, 0.25) is 17.8 Å². The highest BCUT2D eigenvalue weighted by atomic mass is 16.5. The summed E-state index contributed by atoms with van der Waals surface area (Å²) in [7, 11) is 0. The number of aromatic nitrogens is 3. The predicted octanol–water partition coefficient (Wildman–Crippen LogP) is 6.67. The van der Waals surface area contributed by atoms with Crippen molar-refractivity contribution in [2.75, 3.05) is 5.32 Å². The van der Waals surface area contributed by atoms with Crippen LogP contribution in [-0.4, -0.2) is 48.0 Å². The molecule has 218 valence electrons. The second-order valence-corrected chi connectivity index (χ2v) is 14.0. The Kier molecular flexibility index (Phi) is 8.33. The van der Waals surface area contributed by atoms with Gasteiger partial charge in [-0.1, -0.05) is 41.5 Å². The largest absolute Gasteiger partial charge is 0.507 e. The van der Waals surface area contributed by atoms with Crippen LogP contribution in [0.2, 0.25) is 0 Å². The molecule has 2 aromatic rings. The zero-order valence-corrected chi connectivity index (χ0v) is 25.7. The van der Waals surface area contributed by atoms with Crippen molar-refractivity contribution >= 4 is 17.8 Å². The fraction of sp³-hybridized carbons (Fsp3) is 0.655. The number of carbonyl (C=O) groups excluding carboxylic acids is 1. The third-order valence-electron chi connectivity index (χ3n) is 7.24. The summed E-state index contributed by atoms with van der Waals surface area (Å²) in [5.74, 6) is 0.457. The maximum Gasteiger partial charge on any atom is 0.322 e. The molecule has 0 bridgehead atoms. The van der Waals surface area contributed by atoms with Crippen LogP contribution in [0.5, 0.6) is 11.8 Å². The summed E-state index contributed by atoms with van der Waals surface area (Å²) in [6.07, 6.45) is 1.35. The summed E-state index contributed by atoms with van der Waals surface area (Å²) in [4.78, 5) is 30.1. The maximum atomic E-state index is 12.4. The van der Waals surface area contributed by atoms with Gasteiger partial charge < -0.3 is 20.1 Å². The highest BCUT2D eigenvalue weighted by molar-refractivity contribution is 5.75. The Morgan fingerprint density at radius 3 is 2.05 bits per heavy atom. The van der Waals surface area contributed by atoms with Gasteiger partial charge in [-0.3, -0.25) is 4.79 Å². The van der Waals surface area contributed by atoms with Crippen LogP contribution in [0.3, 0.4) is 0 Å². The number of phenols is 1. The molecule has 1 saturated heterocycles. The quantitative estimate of drug-likeness (QED) is 0.231. The van der Waals surface area contributed by atoms with Gasteiger partial charge in [-0.25, -0.2) is 0 Å². The number of phenolic OH excluding ortho intramolecular Hbond substituents is 1. The van der Waals surface area contributed by atoms with Crippen LogP contribution in [-0.2, 0) is 22.2 Å². The van der Waals surface area contributed by atoms with Gasteiger partial charge in [0.1, 0.15) is 12.4 Å². The molecular formula is C29H44N8O3. The van der Waals surface area contributed by atoms with E-state index in [0.29, 0.717) is 18.6 Å². The minimum atomic E-state index is -0.389. The fourth-order valence-electron chi connectivity index (χ4n) is 6.05. The minimum Gasteiger partial charge on any atom is -0.507 e. The highest BCUT2D eigenvalue weighted by Gasteiger charge is 2.46. The summed E-state index contributed by atoms with van der Waals surface area (Å²) in [5, 5.41) is 18.0. The smallest absolute Gasteiger partial charge is 0.322 e. The molecule has 11 heteroatoms. The van der Waals surface area contributed by atoms with Crippen molar-refractivity contribution in [3.63, 3.8) is 0 Å². The van der Waals surface area contributed by atoms with E-state index >= 15 is 0 Å². The van der Waals surface area contributed by atoms with E-state index in [1.54, 1.807) is 6.92 Å². The monoisotopic (exact) mass is 552 g/mol. The van der Waals surface area contributed by atoms with Gasteiger partial charge in [0, 0.05) is 29.0 Å². The average molecular weight is 553 g/mol. The number of azide groups is 1. The Bertz CT molecular complexity index is 1260. The maximum absolute atomic E-state index is 12.4. The number of amides is 1. The number of hydrogen-bond donors (Lipinski definition) is 2. The number of nitrogens with zero attached hydrogens (tertiary/aromatic N) is 7. The third-order valence-corrected chi connectivity index (χ3v) is 7.24. The third kappa shape index (κ3) is 6.94. The van der Waals surface area contributed by atoms with E-state index in [0.717, 1.165) is 16.7 Å². The first kappa shape index (κ1) is 30.9.